The lowest BCUT2D eigenvalue weighted by Gasteiger charge is -2.51. The fourth-order valence-electron chi connectivity index (χ4n) is 6.39. The van der Waals surface area contributed by atoms with Crippen LogP contribution in [-0.2, 0) is 9.53 Å². The molecular formula is C24H33N2O5+. The zero-order valence-electron chi connectivity index (χ0n) is 18.4. The first-order valence-electron chi connectivity index (χ1n) is 11.6. The molecule has 5 rings (SSSR count). The molecule has 1 aromatic rings. The topological polar surface area (TPSA) is 84.4 Å². The summed E-state index contributed by atoms with van der Waals surface area (Å²) in [6.07, 6.45) is 5.88. The van der Waals surface area contributed by atoms with Crippen molar-refractivity contribution in [3.05, 3.63) is 35.8 Å². The number of hydrogen-bond acceptors (Lipinski definition) is 5. The van der Waals surface area contributed by atoms with Crippen molar-refractivity contribution in [3.8, 4) is 0 Å². The zero-order chi connectivity index (χ0) is 21.8. The number of fused-ring (bicyclic) bond motifs is 2. The average Bonchev–Trinajstić information content (AvgIpc) is 3.39. The Morgan fingerprint density at radius 2 is 2.13 bits per heavy atom. The largest absolute Gasteiger partial charge is 0.461 e. The lowest BCUT2D eigenvalue weighted by Crippen LogP contribution is -3.15. The van der Waals surface area contributed by atoms with E-state index in [1.807, 2.05) is 4.90 Å². The highest BCUT2D eigenvalue weighted by Gasteiger charge is 2.60. The molecule has 0 radical (unpaired) electrons. The number of carbonyl (C=O) groups excluding carboxylic acids is 2. The minimum atomic E-state index is -0.564. The number of aliphatic hydroxyl groups excluding tert-OH is 1. The second-order valence-corrected chi connectivity index (χ2v) is 10.0. The number of esters is 1. The molecule has 0 aromatic carbocycles. The molecular weight excluding hydrogens is 396 g/mol. The van der Waals surface area contributed by atoms with E-state index in [0.717, 1.165) is 32.4 Å². The molecule has 1 amide bonds. The summed E-state index contributed by atoms with van der Waals surface area (Å²) >= 11 is 0. The Hall–Kier alpha value is -2.12. The molecule has 7 nitrogen and oxygen atoms in total. The third kappa shape index (κ3) is 3.33. The number of allylic oxidation sites excluding steroid dienone is 1. The van der Waals surface area contributed by atoms with Crippen molar-refractivity contribution in [2.45, 2.75) is 45.3 Å². The highest BCUT2D eigenvalue weighted by Crippen LogP contribution is 2.55. The van der Waals surface area contributed by atoms with Crippen LogP contribution in [0.2, 0.25) is 0 Å². The van der Waals surface area contributed by atoms with Gasteiger partial charge >= 0.3 is 5.97 Å². The van der Waals surface area contributed by atoms with Crippen molar-refractivity contribution in [1.29, 1.82) is 0 Å². The molecule has 0 spiro atoms. The summed E-state index contributed by atoms with van der Waals surface area (Å²) in [4.78, 5) is 28.4. The first-order valence-corrected chi connectivity index (χ1v) is 11.6. The van der Waals surface area contributed by atoms with Crippen molar-refractivity contribution in [1.82, 2.24) is 4.90 Å². The van der Waals surface area contributed by atoms with Crippen molar-refractivity contribution in [2.75, 3.05) is 32.7 Å². The van der Waals surface area contributed by atoms with Crippen LogP contribution in [0, 0.1) is 23.2 Å². The maximum atomic E-state index is 12.8. The lowest BCUT2D eigenvalue weighted by molar-refractivity contribution is -0.906. The maximum Gasteiger partial charge on any atom is 0.315 e. The monoisotopic (exact) mass is 429 g/mol. The Morgan fingerprint density at radius 3 is 2.84 bits per heavy atom. The molecule has 7 heteroatoms. The van der Waals surface area contributed by atoms with E-state index in [-0.39, 0.29) is 35.2 Å². The highest BCUT2D eigenvalue weighted by molar-refractivity contribution is 5.91. The maximum absolute atomic E-state index is 12.8. The van der Waals surface area contributed by atoms with Crippen LogP contribution in [-0.4, -0.2) is 66.8 Å². The van der Waals surface area contributed by atoms with Crippen molar-refractivity contribution in [2.24, 2.45) is 23.2 Å². The number of aliphatic hydroxyl groups is 1. The highest BCUT2D eigenvalue weighted by atomic mass is 16.6. The van der Waals surface area contributed by atoms with Gasteiger partial charge in [0.15, 0.2) is 5.76 Å². The summed E-state index contributed by atoms with van der Waals surface area (Å²) in [5.74, 6) is 0.0927. The average molecular weight is 430 g/mol. The summed E-state index contributed by atoms with van der Waals surface area (Å²) in [6.45, 7) is 7.89. The summed E-state index contributed by atoms with van der Waals surface area (Å²) in [6, 6.07) is 3.41. The van der Waals surface area contributed by atoms with E-state index >= 15 is 0 Å². The number of hydrogen-bond donors (Lipinski definition) is 2. The van der Waals surface area contributed by atoms with Crippen molar-refractivity contribution >= 4 is 11.9 Å². The first kappa shape index (κ1) is 20.8. The molecule has 2 aliphatic carbocycles. The van der Waals surface area contributed by atoms with Gasteiger partial charge in [-0.05, 0) is 30.9 Å². The molecule has 3 fully saturated rings. The number of quaternary nitrogens is 1. The predicted octanol–water partition coefficient (Wildman–Crippen LogP) is 0.905. The molecule has 2 N–H and O–H groups in total. The Labute approximate surface area is 183 Å². The van der Waals surface area contributed by atoms with E-state index in [1.165, 1.54) is 16.7 Å². The molecule has 4 aliphatic rings. The summed E-state index contributed by atoms with van der Waals surface area (Å²) in [5, 5.41) is 11.5. The second kappa shape index (κ2) is 7.78. The molecule has 6 atom stereocenters. The van der Waals surface area contributed by atoms with Gasteiger partial charge in [0.05, 0.1) is 45.1 Å². The van der Waals surface area contributed by atoms with Gasteiger partial charge in [-0.1, -0.05) is 25.5 Å². The van der Waals surface area contributed by atoms with Gasteiger partial charge in [-0.3, -0.25) is 9.59 Å². The molecule has 0 unspecified atom stereocenters. The van der Waals surface area contributed by atoms with E-state index in [1.54, 1.807) is 12.1 Å². The molecule has 3 heterocycles. The van der Waals surface area contributed by atoms with Crippen molar-refractivity contribution in [3.63, 3.8) is 0 Å². The molecule has 0 bridgehead atoms. The van der Waals surface area contributed by atoms with E-state index in [0.29, 0.717) is 31.3 Å². The normalized spacial score (nSPS) is 38.3. The molecule has 1 saturated carbocycles. The van der Waals surface area contributed by atoms with Crippen LogP contribution in [0.25, 0.3) is 0 Å². The van der Waals surface area contributed by atoms with E-state index < -0.39 is 6.10 Å². The quantitative estimate of drug-likeness (QED) is 0.551. The molecule has 31 heavy (non-hydrogen) atoms. The minimum Gasteiger partial charge on any atom is -0.461 e. The standard InChI is InChI=1S/C24H32N2O5/c1-15-5-3-6-16-13-19-20(21(27)24(15,16)2)17(23(29)31-19)14-25-8-10-26(11-9-25)22(28)18-7-4-12-30-18/h4,6-7,12,15,17,19-21,27H,3,5,8-11,13-14H2,1-2H3/p+1/t15-,17-,19-,20-,21-,24-/m1/s1. The van der Waals surface area contributed by atoms with Gasteiger partial charge in [0.2, 0.25) is 0 Å². The van der Waals surface area contributed by atoms with Crippen LogP contribution in [0.3, 0.4) is 0 Å². The van der Waals surface area contributed by atoms with Crippen LogP contribution in [0.5, 0.6) is 0 Å². The predicted molar refractivity (Wildman–Crippen MR) is 112 cm³/mol. The zero-order valence-corrected chi connectivity index (χ0v) is 18.4. The fourth-order valence-corrected chi connectivity index (χ4v) is 6.39. The first-order chi connectivity index (χ1) is 14.9. The third-order valence-electron chi connectivity index (χ3n) is 8.57. The fraction of sp³-hybridized carbons (Fsp3) is 0.667. The molecule has 2 saturated heterocycles. The molecule has 2 aliphatic heterocycles. The van der Waals surface area contributed by atoms with Crippen LogP contribution < -0.4 is 4.90 Å². The summed E-state index contributed by atoms with van der Waals surface area (Å²) in [7, 11) is 0. The van der Waals surface area contributed by atoms with Gasteiger partial charge < -0.3 is 24.1 Å². The van der Waals surface area contributed by atoms with Gasteiger partial charge in [0.25, 0.3) is 5.91 Å². The van der Waals surface area contributed by atoms with Gasteiger partial charge in [0, 0.05) is 17.8 Å². The van der Waals surface area contributed by atoms with Gasteiger partial charge in [-0.2, -0.15) is 0 Å². The van der Waals surface area contributed by atoms with E-state index in [4.69, 9.17) is 9.15 Å². The number of nitrogens with zero attached hydrogens (tertiary/aromatic N) is 1. The number of carbonyl (C=O) groups is 2. The van der Waals surface area contributed by atoms with E-state index in [9.17, 15) is 14.7 Å². The summed E-state index contributed by atoms with van der Waals surface area (Å²) in [5.41, 5.74) is 1.00. The SMILES string of the molecule is C[C@@H]1CCC=C2C[C@H]3OC(=O)[C@H](C[NH+]4CCN(C(=O)c5ccco5)CC4)[C@H]3[C@@H](O)[C@@]21C. The lowest BCUT2D eigenvalue weighted by atomic mass is 9.55. The van der Waals surface area contributed by atoms with Crippen LogP contribution in [0.4, 0.5) is 0 Å². The Bertz CT molecular complexity index is 873. The van der Waals surface area contributed by atoms with Crippen LogP contribution in [0.15, 0.2) is 34.5 Å². The number of furan rings is 1. The number of amides is 1. The van der Waals surface area contributed by atoms with E-state index in [2.05, 4.69) is 19.9 Å². The van der Waals surface area contributed by atoms with Crippen LogP contribution in [0.1, 0.15) is 43.7 Å². The third-order valence-corrected chi connectivity index (χ3v) is 8.57. The number of nitrogens with one attached hydrogen (secondary N) is 1. The Morgan fingerprint density at radius 1 is 1.35 bits per heavy atom. The number of rotatable bonds is 3. The second-order valence-electron chi connectivity index (χ2n) is 10.0. The molecule has 168 valence electrons. The van der Waals surface area contributed by atoms with Crippen LogP contribution >= 0.6 is 0 Å². The Balaban J connectivity index is 1.26. The number of piperazine rings is 1. The minimum absolute atomic E-state index is 0.0781. The Kier molecular flexibility index (Phi) is 5.21. The smallest absolute Gasteiger partial charge is 0.315 e. The van der Waals surface area contributed by atoms with Gasteiger partial charge in [-0.25, -0.2) is 0 Å². The van der Waals surface area contributed by atoms with Gasteiger partial charge in [0.1, 0.15) is 12.0 Å². The number of ether oxygens (including phenoxy) is 1. The summed E-state index contributed by atoms with van der Waals surface area (Å²) < 4.78 is 11.0. The molecule has 1 aromatic heterocycles. The van der Waals surface area contributed by atoms with Gasteiger partial charge in [-0.15, -0.1) is 0 Å². The van der Waals surface area contributed by atoms with Crippen molar-refractivity contribution < 1.29 is 28.7 Å².